The number of thiazole rings is 1. The number of nitrogens with one attached hydrogen (secondary N) is 1. The standard InChI is InChI=1S/C10H11N3OS/c1-5-3-6(2)8-7(4-5)12-10(15-8)13-9(11)14/h3-4H,1-2H3,(H3,11,12,13,14). The number of hydrogen-bond donors (Lipinski definition) is 2. The summed E-state index contributed by atoms with van der Waals surface area (Å²) >= 11 is 1.44. The van der Waals surface area contributed by atoms with Gasteiger partial charge in [0.15, 0.2) is 5.13 Å². The molecule has 0 saturated carbocycles. The Bertz CT molecular complexity index is 533. The number of aryl methyl sites for hydroxylation is 2. The van der Waals surface area contributed by atoms with E-state index in [0.717, 1.165) is 15.8 Å². The molecule has 0 unspecified atom stereocenters. The van der Waals surface area contributed by atoms with Crippen LogP contribution in [0.4, 0.5) is 9.93 Å². The second-order valence-corrected chi connectivity index (χ2v) is 4.44. The summed E-state index contributed by atoms with van der Waals surface area (Å²) in [6, 6.07) is 3.50. The van der Waals surface area contributed by atoms with E-state index in [1.807, 2.05) is 19.9 Å². The molecule has 0 aliphatic heterocycles. The average molecular weight is 221 g/mol. The molecular formula is C10H11N3OS. The van der Waals surface area contributed by atoms with Crippen molar-refractivity contribution in [1.82, 2.24) is 4.98 Å². The summed E-state index contributed by atoms with van der Waals surface area (Å²) in [5.41, 5.74) is 8.26. The fourth-order valence-electron chi connectivity index (χ4n) is 1.54. The molecule has 2 amide bonds. The number of aromatic nitrogens is 1. The van der Waals surface area contributed by atoms with Crippen LogP contribution >= 0.6 is 11.3 Å². The summed E-state index contributed by atoms with van der Waals surface area (Å²) < 4.78 is 1.09. The first-order valence-corrected chi connectivity index (χ1v) is 5.32. The third-order valence-electron chi connectivity index (χ3n) is 2.05. The topological polar surface area (TPSA) is 68.0 Å². The molecule has 1 heterocycles. The largest absolute Gasteiger partial charge is 0.351 e. The van der Waals surface area contributed by atoms with Crippen LogP contribution in [-0.4, -0.2) is 11.0 Å². The lowest BCUT2D eigenvalue weighted by Gasteiger charge is -1.95. The number of primary amides is 1. The molecule has 0 bridgehead atoms. The molecule has 78 valence electrons. The fraction of sp³-hybridized carbons (Fsp3) is 0.200. The number of anilines is 1. The van der Waals surface area contributed by atoms with Gasteiger partial charge >= 0.3 is 6.03 Å². The highest BCUT2D eigenvalue weighted by molar-refractivity contribution is 7.22. The Balaban J connectivity index is 2.55. The maximum absolute atomic E-state index is 10.7. The first kappa shape index (κ1) is 9.92. The minimum atomic E-state index is -0.580. The van der Waals surface area contributed by atoms with Gasteiger partial charge in [0.1, 0.15) is 0 Å². The number of urea groups is 1. The summed E-state index contributed by atoms with van der Waals surface area (Å²) in [7, 11) is 0. The van der Waals surface area contributed by atoms with Crippen molar-refractivity contribution in [3.8, 4) is 0 Å². The first-order valence-electron chi connectivity index (χ1n) is 4.50. The number of hydrogen-bond acceptors (Lipinski definition) is 3. The molecule has 1 aromatic heterocycles. The van der Waals surface area contributed by atoms with E-state index < -0.39 is 6.03 Å². The van der Waals surface area contributed by atoms with E-state index in [-0.39, 0.29) is 0 Å². The van der Waals surface area contributed by atoms with Gasteiger partial charge in [0, 0.05) is 0 Å². The van der Waals surface area contributed by atoms with Crippen LogP contribution in [0.5, 0.6) is 0 Å². The van der Waals surface area contributed by atoms with Gasteiger partial charge in [0.05, 0.1) is 10.2 Å². The first-order chi connectivity index (χ1) is 7.06. The van der Waals surface area contributed by atoms with E-state index >= 15 is 0 Å². The molecule has 1 aromatic carbocycles. The summed E-state index contributed by atoms with van der Waals surface area (Å²) in [6.07, 6.45) is 0. The Kier molecular flexibility index (Phi) is 2.32. The van der Waals surface area contributed by atoms with E-state index in [4.69, 9.17) is 5.73 Å². The lowest BCUT2D eigenvalue weighted by Crippen LogP contribution is -2.18. The van der Waals surface area contributed by atoms with Crippen LogP contribution in [0, 0.1) is 13.8 Å². The molecule has 0 fully saturated rings. The van der Waals surface area contributed by atoms with Crippen LogP contribution in [0.2, 0.25) is 0 Å². The van der Waals surface area contributed by atoms with Gasteiger partial charge in [-0.15, -0.1) is 0 Å². The van der Waals surface area contributed by atoms with Crippen LogP contribution in [0.1, 0.15) is 11.1 Å². The number of carbonyl (C=O) groups is 1. The lowest BCUT2D eigenvalue weighted by molar-refractivity contribution is 0.259. The Morgan fingerprint density at radius 2 is 2.20 bits per heavy atom. The van der Waals surface area contributed by atoms with Gasteiger partial charge in [0.2, 0.25) is 0 Å². The van der Waals surface area contributed by atoms with Crippen LogP contribution in [0.15, 0.2) is 12.1 Å². The molecule has 3 N–H and O–H groups in total. The molecule has 0 aliphatic carbocycles. The Hall–Kier alpha value is -1.62. The van der Waals surface area contributed by atoms with E-state index in [0.29, 0.717) is 5.13 Å². The van der Waals surface area contributed by atoms with E-state index in [2.05, 4.69) is 16.4 Å². The summed E-state index contributed by atoms with van der Waals surface area (Å²) in [4.78, 5) is 15.0. The van der Waals surface area contributed by atoms with Gasteiger partial charge in [0.25, 0.3) is 0 Å². The van der Waals surface area contributed by atoms with Crippen LogP contribution < -0.4 is 11.1 Å². The molecule has 2 aromatic rings. The van der Waals surface area contributed by atoms with Crippen molar-refractivity contribution in [3.05, 3.63) is 23.3 Å². The number of rotatable bonds is 1. The highest BCUT2D eigenvalue weighted by Crippen LogP contribution is 2.29. The molecule has 5 heteroatoms. The molecule has 15 heavy (non-hydrogen) atoms. The van der Waals surface area contributed by atoms with Crippen molar-refractivity contribution < 1.29 is 4.79 Å². The summed E-state index contributed by atoms with van der Waals surface area (Å²) in [5.74, 6) is 0. The molecule has 0 radical (unpaired) electrons. The van der Waals surface area contributed by atoms with Crippen molar-refractivity contribution in [2.45, 2.75) is 13.8 Å². The predicted molar refractivity (Wildman–Crippen MR) is 62.3 cm³/mol. The predicted octanol–water partition coefficient (Wildman–Crippen LogP) is 2.40. The summed E-state index contributed by atoms with van der Waals surface area (Å²) in [5, 5.41) is 3.03. The monoisotopic (exact) mass is 221 g/mol. The number of benzene rings is 1. The average Bonchev–Trinajstić information content (AvgIpc) is 2.45. The lowest BCUT2D eigenvalue weighted by atomic mass is 10.1. The van der Waals surface area contributed by atoms with Gasteiger partial charge in [-0.1, -0.05) is 17.4 Å². The number of carbonyl (C=O) groups excluding carboxylic acids is 1. The Morgan fingerprint density at radius 3 is 2.87 bits per heavy atom. The molecule has 2 rings (SSSR count). The third-order valence-corrected chi connectivity index (χ3v) is 3.17. The van der Waals surface area contributed by atoms with Crippen molar-refractivity contribution in [1.29, 1.82) is 0 Å². The van der Waals surface area contributed by atoms with Gasteiger partial charge in [-0.25, -0.2) is 9.78 Å². The molecular weight excluding hydrogens is 210 g/mol. The molecule has 0 atom stereocenters. The van der Waals surface area contributed by atoms with Gasteiger partial charge in [-0.3, -0.25) is 5.32 Å². The minimum absolute atomic E-state index is 0.547. The fourth-order valence-corrected chi connectivity index (χ4v) is 2.45. The Morgan fingerprint density at radius 1 is 1.47 bits per heavy atom. The zero-order chi connectivity index (χ0) is 11.0. The quantitative estimate of drug-likeness (QED) is 0.776. The molecule has 0 spiro atoms. The van der Waals surface area contributed by atoms with Crippen LogP contribution in [0.3, 0.4) is 0 Å². The van der Waals surface area contributed by atoms with E-state index in [1.54, 1.807) is 0 Å². The number of nitrogens with two attached hydrogens (primary N) is 1. The SMILES string of the molecule is Cc1cc(C)c2sc(NC(N)=O)nc2c1. The normalized spacial score (nSPS) is 10.5. The highest BCUT2D eigenvalue weighted by atomic mass is 32.1. The number of nitrogens with zero attached hydrogens (tertiary/aromatic N) is 1. The molecule has 0 saturated heterocycles. The summed E-state index contributed by atoms with van der Waals surface area (Å²) in [6.45, 7) is 4.05. The van der Waals surface area contributed by atoms with E-state index in [1.165, 1.54) is 16.9 Å². The van der Waals surface area contributed by atoms with E-state index in [9.17, 15) is 4.79 Å². The second kappa shape index (κ2) is 3.51. The van der Waals surface area contributed by atoms with Crippen LogP contribution in [0.25, 0.3) is 10.2 Å². The second-order valence-electron chi connectivity index (χ2n) is 3.44. The Labute approximate surface area is 91.1 Å². The maximum Gasteiger partial charge on any atom is 0.318 e. The zero-order valence-corrected chi connectivity index (χ0v) is 9.31. The maximum atomic E-state index is 10.7. The van der Waals surface area contributed by atoms with Crippen molar-refractivity contribution in [2.24, 2.45) is 5.73 Å². The van der Waals surface area contributed by atoms with Crippen LogP contribution in [-0.2, 0) is 0 Å². The molecule has 0 aliphatic rings. The van der Waals surface area contributed by atoms with Gasteiger partial charge < -0.3 is 5.73 Å². The number of fused-ring (bicyclic) bond motifs is 1. The zero-order valence-electron chi connectivity index (χ0n) is 8.50. The highest BCUT2D eigenvalue weighted by Gasteiger charge is 2.07. The minimum Gasteiger partial charge on any atom is -0.351 e. The van der Waals surface area contributed by atoms with Crippen molar-refractivity contribution >= 4 is 32.7 Å². The van der Waals surface area contributed by atoms with Crippen molar-refractivity contribution in [3.63, 3.8) is 0 Å². The van der Waals surface area contributed by atoms with Gasteiger partial charge in [-0.05, 0) is 31.0 Å². The molecule has 4 nitrogen and oxygen atoms in total. The van der Waals surface area contributed by atoms with Crippen molar-refractivity contribution in [2.75, 3.05) is 5.32 Å². The smallest absolute Gasteiger partial charge is 0.318 e. The number of amides is 2. The van der Waals surface area contributed by atoms with Gasteiger partial charge in [-0.2, -0.15) is 0 Å². The third kappa shape index (κ3) is 1.92.